The van der Waals surface area contributed by atoms with E-state index in [0.717, 1.165) is 34.1 Å². The fraction of sp³-hybridized carbons (Fsp3) is 0.0989. The molecule has 0 amide bonds. The number of fused-ring (bicyclic) bond motifs is 9. The van der Waals surface area contributed by atoms with Gasteiger partial charge in [0.05, 0.1) is 0 Å². The second kappa shape index (κ2) is 20.5. The van der Waals surface area contributed by atoms with Crippen LogP contribution in [0.25, 0.3) is 110 Å². The molecule has 3 aliphatic rings. The molecule has 0 spiro atoms. The molecule has 15 aromatic carbocycles. The van der Waals surface area contributed by atoms with Crippen molar-refractivity contribution >= 4 is 77.2 Å². The minimum absolute atomic E-state index is 0.204. The Hall–Kier alpha value is -11.1. The highest BCUT2D eigenvalue weighted by molar-refractivity contribution is 6.28. The number of hydrogen-bond donors (Lipinski definition) is 0. The first-order chi connectivity index (χ1) is 45.4. The second-order valence-corrected chi connectivity index (χ2v) is 27.5. The molecule has 0 radical (unpaired) electrons. The monoisotopic (exact) mass is 1190 g/mol. The molecule has 0 saturated carbocycles. The summed E-state index contributed by atoms with van der Waals surface area (Å²) in [6.45, 7) is 14.4. The first-order valence-corrected chi connectivity index (χ1v) is 32.9. The van der Waals surface area contributed by atoms with Crippen molar-refractivity contribution in [3.63, 3.8) is 0 Å². The molecule has 0 unspecified atom stereocenters. The zero-order valence-corrected chi connectivity index (χ0v) is 53.3. The summed E-state index contributed by atoms with van der Waals surface area (Å²) < 4.78 is 0. The molecule has 0 bridgehead atoms. The lowest BCUT2D eigenvalue weighted by Crippen LogP contribution is -2.23. The van der Waals surface area contributed by atoms with Gasteiger partial charge >= 0.3 is 0 Å². The Bertz CT molecular complexity index is 5540. The third-order valence-electron chi connectivity index (χ3n) is 21.4. The highest BCUT2D eigenvalue weighted by atomic mass is 15.1. The SMILES string of the molecule is CC1(C)c2ccccc2-c2ccc(N(c3ccc(-c4ccccc4)cc3)c3ccc4c(-c5ccc6c7c(cccc57)C(C)(C)c5ccccc5-6)c5cc(N(c6ccccc6)c6ccccc6)ccc5c(-c5ccc6c7c(cccc57)C(C)(C)c5ccccc5-6)c4c3)cc21. The summed E-state index contributed by atoms with van der Waals surface area (Å²) in [5.41, 5.74) is 29.1. The Morgan fingerprint density at radius 2 is 0.516 bits per heavy atom. The van der Waals surface area contributed by atoms with E-state index >= 15 is 0 Å². The summed E-state index contributed by atoms with van der Waals surface area (Å²) >= 11 is 0. The van der Waals surface area contributed by atoms with Gasteiger partial charge in [0.15, 0.2) is 0 Å². The Labute approximate surface area is 545 Å². The molecule has 0 aliphatic heterocycles. The summed E-state index contributed by atoms with van der Waals surface area (Å²) in [7, 11) is 0. The molecule has 18 rings (SSSR count). The van der Waals surface area contributed by atoms with Crippen molar-refractivity contribution < 1.29 is 0 Å². The Balaban J connectivity index is 0.981. The quantitative estimate of drug-likeness (QED) is 0.133. The third-order valence-corrected chi connectivity index (χ3v) is 21.4. The van der Waals surface area contributed by atoms with E-state index < -0.39 is 0 Å². The molecular formula is C91H68N2. The Kier molecular flexibility index (Phi) is 12.1. The molecule has 0 aromatic heterocycles. The van der Waals surface area contributed by atoms with Gasteiger partial charge in [0.25, 0.3) is 0 Å². The zero-order chi connectivity index (χ0) is 62.5. The molecule has 93 heavy (non-hydrogen) atoms. The smallest absolute Gasteiger partial charge is 0.0468 e. The van der Waals surface area contributed by atoms with Crippen LogP contribution >= 0.6 is 0 Å². The Morgan fingerprint density at radius 1 is 0.194 bits per heavy atom. The van der Waals surface area contributed by atoms with E-state index in [9.17, 15) is 0 Å². The van der Waals surface area contributed by atoms with E-state index in [-0.39, 0.29) is 16.2 Å². The lowest BCUT2D eigenvalue weighted by atomic mass is 9.67. The van der Waals surface area contributed by atoms with Crippen molar-refractivity contribution in [2.45, 2.75) is 57.8 Å². The average Bonchev–Trinajstić information content (AvgIpc) is 1.40. The van der Waals surface area contributed by atoms with Crippen molar-refractivity contribution in [2.24, 2.45) is 0 Å². The first-order valence-electron chi connectivity index (χ1n) is 32.9. The maximum absolute atomic E-state index is 2.54. The third kappa shape index (κ3) is 8.14. The van der Waals surface area contributed by atoms with Gasteiger partial charge < -0.3 is 9.80 Å². The Morgan fingerprint density at radius 3 is 1.00 bits per heavy atom. The van der Waals surface area contributed by atoms with Crippen LogP contribution in [-0.2, 0) is 16.2 Å². The second-order valence-electron chi connectivity index (χ2n) is 27.5. The number of rotatable bonds is 9. The highest BCUT2D eigenvalue weighted by Crippen LogP contribution is 2.57. The average molecular weight is 1190 g/mol. The van der Waals surface area contributed by atoms with Crippen LogP contribution in [0.3, 0.4) is 0 Å². The predicted molar refractivity (Wildman–Crippen MR) is 395 cm³/mol. The van der Waals surface area contributed by atoms with Crippen LogP contribution in [-0.4, -0.2) is 0 Å². The van der Waals surface area contributed by atoms with Crippen LogP contribution in [0.1, 0.15) is 74.9 Å². The van der Waals surface area contributed by atoms with E-state index in [0.29, 0.717) is 0 Å². The van der Waals surface area contributed by atoms with Crippen molar-refractivity contribution in [1.29, 1.82) is 0 Å². The topological polar surface area (TPSA) is 6.48 Å². The number of benzene rings is 15. The van der Waals surface area contributed by atoms with Gasteiger partial charge in [-0.3, -0.25) is 0 Å². The van der Waals surface area contributed by atoms with Crippen molar-refractivity contribution in [2.75, 3.05) is 9.80 Å². The van der Waals surface area contributed by atoms with E-state index in [4.69, 9.17) is 0 Å². The van der Waals surface area contributed by atoms with Crippen LogP contribution in [0.2, 0.25) is 0 Å². The number of anilines is 6. The summed E-state index contributed by atoms with van der Waals surface area (Å²) in [4.78, 5) is 4.94. The summed E-state index contributed by atoms with van der Waals surface area (Å²) in [5, 5.41) is 9.92. The van der Waals surface area contributed by atoms with Crippen molar-refractivity contribution in [1.82, 2.24) is 0 Å². The van der Waals surface area contributed by atoms with Gasteiger partial charge in [0.1, 0.15) is 0 Å². The van der Waals surface area contributed by atoms with Crippen LogP contribution in [0.5, 0.6) is 0 Å². The number of nitrogens with zero attached hydrogens (tertiary/aromatic N) is 2. The molecule has 0 heterocycles. The molecule has 2 nitrogen and oxygen atoms in total. The largest absolute Gasteiger partial charge is 0.310 e. The van der Waals surface area contributed by atoms with Gasteiger partial charge in [-0.05, 0) is 216 Å². The summed E-state index contributed by atoms with van der Waals surface area (Å²) in [5.74, 6) is 0. The van der Waals surface area contributed by atoms with Crippen LogP contribution in [0.4, 0.5) is 34.1 Å². The number of hydrogen-bond acceptors (Lipinski definition) is 2. The van der Waals surface area contributed by atoms with E-state index in [1.807, 2.05) is 0 Å². The van der Waals surface area contributed by atoms with Crippen LogP contribution < -0.4 is 9.80 Å². The molecule has 0 N–H and O–H groups in total. The lowest BCUT2D eigenvalue weighted by Gasteiger charge is -2.36. The van der Waals surface area contributed by atoms with Gasteiger partial charge in [-0.25, -0.2) is 0 Å². The fourth-order valence-corrected chi connectivity index (χ4v) is 16.9. The fourth-order valence-electron chi connectivity index (χ4n) is 16.9. The number of para-hydroxylation sites is 2. The maximum atomic E-state index is 2.54. The highest BCUT2D eigenvalue weighted by Gasteiger charge is 2.38. The molecule has 2 heteroatoms. The van der Waals surface area contributed by atoms with E-state index in [1.165, 1.54) is 143 Å². The standard InChI is InChI=1S/C91H68N2/c1-89(2)80-36-20-17-31-66(80)71-50-52-73(69-33-22-38-82(89)87(69)71)85-76-49-46-63(93(61-42-40-58(41-43-61)57-24-10-7-11-25-57)64-44-47-68-65-30-16-19-35-79(65)91(5,6)84(68)56-64)55-78(76)86(74-53-51-72-67-32-18-21-37-81(67)90(3,4)83-39-23-34-70(74)88(72)83)75-48-45-62(54-77(75)85)92(59-26-12-8-13-27-59)60-28-14-9-15-29-60/h7-56H,1-6H3. The minimum atomic E-state index is -0.234. The summed E-state index contributed by atoms with van der Waals surface area (Å²) in [6, 6.07) is 115. The summed E-state index contributed by atoms with van der Waals surface area (Å²) in [6.07, 6.45) is 0. The van der Waals surface area contributed by atoms with Gasteiger partial charge in [-0.1, -0.05) is 272 Å². The van der Waals surface area contributed by atoms with Gasteiger partial charge in [-0.15, -0.1) is 0 Å². The van der Waals surface area contributed by atoms with E-state index in [2.05, 4.69) is 355 Å². The molecule has 0 fully saturated rings. The molecule has 3 aliphatic carbocycles. The van der Waals surface area contributed by atoms with Crippen LogP contribution in [0.15, 0.2) is 303 Å². The van der Waals surface area contributed by atoms with Crippen molar-refractivity contribution in [3.8, 4) is 66.8 Å². The molecule has 442 valence electrons. The van der Waals surface area contributed by atoms with E-state index in [1.54, 1.807) is 0 Å². The minimum Gasteiger partial charge on any atom is -0.310 e. The van der Waals surface area contributed by atoms with Gasteiger partial charge in [0.2, 0.25) is 0 Å². The van der Waals surface area contributed by atoms with Gasteiger partial charge in [-0.2, -0.15) is 0 Å². The zero-order valence-electron chi connectivity index (χ0n) is 53.3. The molecule has 0 saturated heterocycles. The normalized spacial score (nSPS) is 14.2. The molecular weight excluding hydrogens is 1120 g/mol. The van der Waals surface area contributed by atoms with Crippen LogP contribution in [0, 0.1) is 0 Å². The lowest BCUT2D eigenvalue weighted by molar-refractivity contribution is 0.645. The van der Waals surface area contributed by atoms with Crippen molar-refractivity contribution in [3.05, 3.63) is 337 Å². The molecule has 15 aromatic rings. The molecule has 0 atom stereocenters. The maximum Gasteiger partial charge on any atom is 0.0468 e. The first kappa shape index (κ1) is 54.8. The predicted octanol–water partition coefficient (Wildman–Crippen LogP) is 25.2. The van der Waals surface area contributed by atoms with Gasteiger partial charge in [0, 0.05) is 50.4 Å².